The number of esters is 1. The number of ether oxygens (including phenoxy) is 1. The fourth-order valence-corrected chi connectivity index (χ4v) is 3.78. The molecular weight excluding hydrogens is 408 g/mol. The van der Waals surface area contributed by atoms with Crippen LogP contribution in [0.15, 0.2) is 59.1 Å². The number of likely N-dealkylation sites (tertiary alicyclic amines) is 1. The number of carbonyl (C=O) groups is 2. The molecule has 8 heteroatoms. The molecule has 1 atom stereocenters. The second kappa shape index (κ2) is 10.2. The van der Waals surface area contributed by atoms with Crippen molar-refractivity contribution in [1.82, 2.24) is 15.0 Å². The molecule has 1 saturated heterocycles. The zero-order chi connectivity index (χ0) is 22.3. The van der Waals surface area contributed by atoms with E-state index < -0.39 is 0 Å². The lowest BCUT2D eigenvalue weighted by Gasteiger charge is -2.30. The van der Waals surface area contributed by atoms with Crippen LogP contribution in [-0.4, -0.2) is 46.6 Å². The van der Waals surface area contributed by atoms with Gasteiger partial charge in [0.15, 0.2) is 0 Å². The van der Waals surface area contributed by atoms with Gasteiger partial charge >= 0.3 is 5.97 Å². The van der Waals surface area contributed by atoms with E-state index in [4.69, 9.17) is 9.26 Å². The third-order valence-electron chi connectivity index (χ3n) is 5.40. The number of amides is 1. The van der Waals surface area contributed by atoms with E-state index in [0.29, 0.717) is 42.7 Å². The Morgan fingerprint density at radius 1 is 1.16 bits per heavy atom. The minimum absolute atomic E-state index is 0.0333. The molecule has 0 saturated carbocycles. The maximum absolute atomic E-state index is 12.8. The summed E-state index contributed by atoms with van der Waals surface area (Å²) in [4.78, 5) is 31.2. The molecule has 1 aromatic heterocycles. The molecule has 2 aromatic carbocycles. The molecule has 1 N–H and O–H groups in total. The molecular formula is C24H26N4O4. The van der Waals surface area contributed by atoms with Crippen molar-refractivity contribution in [1.29, 1.82) is 0 Å². The highest BCUT2D eigenvalue weighted by Crippen LogP contribution is 2.22. The standard InChI is InChI=1S/C24H26N4O4/c1-2-31-24(30)18-10-12-20(13-11-18)25-23(29)19-9-6-14-28(15-19)16-21-26-22(27-32-21)17-7-4-3-5-8-17/h3-5,7-8,10-13,19H,2,6,9,14-16H2,1H3,(H,25,29). The van der Waals surface area contributed by atoms with Crippen LogP contribution in [0.4, 0.5) is 5.69 Å². The second-order valence-corrected chi connectivity index (χ2v) is 7.74. The van der Waals surface area contributed by atoms with Crippen molar-refractivity contribution in [2.45, 2.75) is 26.3 Å². The van der Waals surface area contributed by atoms with E-state index in [1.54, 1.807) is 31.2 Å². The first kappa shape index (κ1) is 21.7. The van der Waals surface area contributed by atoms with Crippen LogP contribution in [0.3, 0.4) is 0 Å². The Morgan fingerprint density at radius 2 is 1.94 bits per heavy atom. The van der Waals surface area contributed by atoms with Gasteiger partial charge in [-0.25, -0.2) is 4.79 Å². The molecule has 1 aliphatic rings. The molecule has 1 aliphatic heterocycles. The summed E-state index contributed by atoms with van der Waals surface area (Å²) in [6.07, 6.45) is 1.74. The smallest absolute Gasteiger partial charge is 0.338 e. The molecule has 0 aliphatic carbocycles. The Bertz CT molecular complexity index is 1050. The molecule has 0 radical (unpaired) electrons. The molecule has 0 bridgehead atoms. The zero-order valence-corrected chi connectivity index (χ0v) is 18.0. The van der Waals surface area contributed by atoms with Crippen molar-refractivity contribution in [3.8, 4) is 11.4 Å². The third kappa shape index (κ3) is 5.39. The number of anilines is 1. The number of benzene rings is 2. The molecule has 4 rings (SSSR count). The van der Waals surface area contributed by atoms with Crippen LogP contribution in [0.1, 0.15) is 36.0 Å². The average molecular weight is 434 g/mol. The first-order valence-electron chi connectivity index (χ1n) is 10.8. The van der Waals surface area contributed by atoms with Crippen molar-refractivity contribution in [2.24, 2.45) is 5.92 Å². The summed E-state index contributed by atoms with van der Waals surface area (Å²) in [5.74, 6) is 0.571. The van der Waals surface area contributed by atoms with Gasteiger partial charge in [-0.2, -0.15) is 4.98 Å². The monoisotopic (exact) mass is 434 g/mol. The molecule has 3 aromatic rings. The van der Waals surface area contributed by atoms with Crippen molar-refractivity contribution in [3.05, 3.63) is 66.1 Å². The minimum atomic E-state index is -0.371. The molecule has 1 fully saturated rings. The van der Waals surface area contributed by atoms with E-state index in [-0.39, 0.29) is 17.8 Å². The van der Waals surface area contributed by atoms with Gasteiger partial charge in [-0.05, 0) is 50.6 Å². The molecule has 32 heavy (non-hydrogen) atoms. The Balaban J connectivity index is 1.32. The highest BCUT2D eigenvalue weighted by atomic mass is 16.5. The largest absolute Gasteiger partial charge is 0.462 e. The van der Waals surface area contributed by atoms with E-state index in [1.165, 1.54) is 0 Å². The van der Waals surface area contributed by atoms with E-state index in [9.17, 15) is 9.59 Å². The second-order valence-electron chi connectivity index (χ2n) is 7.74. The topological polar surface area (TPSA) is 97.6 Å². The minimum Gasteiger partial charge on any atom is -0.462 e. The lowest BCUT2D eigenvalue weighted by Crippen LogP contribution is -2.40. The van der Waals surface area contributed by atoms with Crippen molar-refractivity contribution >= 4 is 17.6 Å². The summed E-state index contributed by atoms with van der Waals surface area (Å²) in [7, 11) is 0. The molecule has 2 heterocycles. The van der Waals surface area contributed by atoms with Crippen LogP contribution in [0.25, 0.3) is 11.4 Å². The number of piperidine rings is 1. The van der Waals surface area contributed by atoms with Gasteiger partial charge in [0.2, 0.25) is 17.6 Å². The highest BCUT2D eigenvalue weighted by Gasteiger charge is 2.27. The highest BCUT2D eigenvalue weighted by molar-refractivity contribution is 5.94. The van der Waals surface area contributed by atoms with Crippen LogP contribution in [-0.2, 0) is 16.1 Å². The normalized spacial score (nSPS) is 16.5. The molecule has 8 nitrogen and oxygen atoms in total. The molecule has 1 unspecified atom stereocenters. The third-order valence-corrected chi connectivity index (χ3v) is 5.40. The molecule has 1 amide bonds. The van der Waals surface area contributed by atoms with Gasteiger partial charge in [-0.15, -0.1) is 0 Å². The summed E-state index contributed by atoms with van der Waals surface area (Å²) in [6.45, 7) is 4.10. The van der Waals surface area contributed by atoms with Gasteiger partial charge in [0.05, 0.1) is 24.6 Å². The average Bonchev–Trinajstić information content (AvgIpc) is 3.29. The number of nitrogens with one attached hydrogen (secondary N) is 1. The Kier molecular flexibility index (Phi) is 6.91. The Hall–Kier alpha value is -3.52. The summed E-state index contributed by atoms with van der Waals surface area (Å²) < 4.78 is 10.4. The van der Waals surface area contributed by atoms with Gasteiger partial charge in [-0.1, -0.05) is 35.5 Å². The Labute approximate surface area is 186 Å². The van der Waals surface area contributed by atoms with Gasteiger partial charge in [-0.3, -0.25) is 9.69 Å². The predicted octanol–water partition coefficient (Wildman–Crippen LogP) is 3.76. The maximum Gasteiger partial charge on any atom is 0.338 e. The summed E-state index contributed by atoms with van der Waals surface area (Å²) in [5, 5.41) is 7.02. The quantitative estimate of drug-likeness (QED) is 0.565. The van der Waals surface area contributed by atoms with E-state index in [1.807, 2.05) is 30.3 Å². The number of hydrogen-bond acceptors (Lipinski definition) is 7. The fraction of sp³-hybridized carbons (Fsp3) is 0.333. The number of aromatic nitrogens is 2. The summed E-state index contributed by atoms with van der Waals surface area (Å²) in [6, 6.07) is 16.4. The van der Waals surface area contributed by atoms with Gasteiger partial charge in [0, 0.05) is 17.8 Å². The lowest BCUT2D eigenvalue weighted by atomic mass is 9.97. The molecule has 0 spiro atoms. The first-order chi connectivity index (χ1) is 15.6. The Morgan fingerprint density at radius 3 is 2.69 bits per heavy atom. The van der Waals surface area contributed by atoms with Crippen LogP contribution in [0.5, 0.6) is 0 Å². The predicted molar refractivity (Wildman–Crippen MR) is 119 cm³/mol. The number of hydrogen-bond donors (Lipinski definition) is 1. The van der Waals surface area contributed by atoms with Crippen LogP contribution in [0.2, 0.25) is 0 Å². The van der Waals surface area contributed by atoms with Gasteiger partial charge in [0.25, 0.3) is 0 Å². The number of carbonyl (C=O) groups excluding carboxylic acids is 2. The summed E-state index contributed by atoms with van der Waals surface area (Å²) >= 11 is 0. The van der Waals surface area contributed by atoms with Crippen LogP contribution in [0, 0.1) is 5.92 Å². The number of rotatable bonds is 7. The van der Waals surface area contributed by atoms with Crippen molar-refractivity contribution < 1.29 is 18.8 Å². The number of nitrogens with zero attached hydrogens (tertiary/aromatic N) is 3. The first-order valence-corrected chi connectivity index (χ1v) is 10.8. The van der Waals surface area contributed by atoms with E-state index in [0.717, 1.165) is 24.9 Å². The van der Waals surface area contributed by atoms with Crippen LogP contribution >= 0.6 is 0 Å². The summed E-state index contributed by atoms with van der Waals surface area (Å²) in [5.41, 5.74) is 2.03. The van der Waals surface area contributed by atoms with E-state index >= 15 is 0 Å². The lowest BCUT2D eigenvalue weighted by molar-refractivity contribution is -0.121. The SMILES string of the molecule is CCOC(=O)c1ccc(NC(=O)C2CCCN(Cc3nc(-c4ccccc4)no3)C2)cc1. The maximum atomic E-state index is 12.8. The van der Waals surface area contributed by atoms with E-state index in [2.05, 4.69) is 20.4 Å². The van der Waals surface area contributed by atoms with Gasteiger partial charge < -0.3 is 14.6 Å². The van der Waals surface area contributed by atoms with Crippen molar-refractivity contribution in [2.75, 3.05) is 25.0 Å². The van der Waals surface area contributed by atoms with Crippen molar-refractivity contribution in [3.63, 3.8) is 0 Å². The zero-order valence-electron chi connectivity index (χ0n) is 18.0. The van der Waals surface area contributed by atoms with Crippen LogP contribution < -0.4 is 5.32 Å². The van der Waals surface area contributed by atoms with Gasteiger partial charge in [0.1, 0.15) is 0 Å². The molecule has 166 valence electrons. The fourth-order valence-electron chi connectivity index (χ4n) is 3.78.